The van der Waals surface area contributed by atoms with Crippen LogP contribution in [0.1, 0.15) is 5.69 Å². The minimum atomic E-state index is -9.63. The first-order valence-corrected chi connectivity index (χ1v) is 9.27. The third kappa shape index (κ3) is 4.63. The summed E-state index contributed by atoms with van der Waals surface area (Å²) in [5.74, 6) is 0.640. The zero-order chi connectivity index (χ0) is 18.1. The molecule has 0 aliphatic carbocycles. The second-order valence-electron chi connectivity index (χ2n) is 4.61. The normalized spacial score (nSPS) is 14.6. The van der Waals surface area contributed by atoms with Gasteiger partial charge in [0.25, 0.3) is 11.8 Å². The van der Waals surface area contributed by atoms with Crippen LogP contribution < -0.4 is 9.47 Å². The molecule has 4 nitrogen and oxygen atoms in total. The van der Waals surface area contributed by atoms with E-state index in [1.54, 1.807) is 0 Å². The number of methoxy groups -OCH3 is 2. The van der Waals surface area contributed by atoms with Crippen molar-refractivity contribution >= 4 is 22.0 Å². The van der Waals surface area contributed by atoms with Crippen LogP contribution in [0.5, 0.6) is 11.8 Å². The highest BCUT2D eigenvalue weighted by Gasteiger charge is 2.65. The maximum Gasteiger partial charge on any atom is 0.310 e. The molecular weight excluding hydrogens is 375 g/mol. The topological polar surface area (TPSA) is 44.2 Å². The molecule has 0 atom stereocenters. The zero-order valence-corrected chi connectivity index (χ0v) is 14.1. The molecule has 0 saturated carbocycles. The van der Waals surface area contributed by atoms with E-state index in [1.165, 1.54) is 20.4 Å². The molecule has 0 aliphatic rings. The van der Waals surface area contributed by atoms with Crippen LogP contribution in [0.25, 0.3) is 0 Å². The second kappa shape index (κ2) is 5.66. The SMILES string of the molecule is COc1ncc(CSc2ccc(S(F)(F)(F)(F)F)cc2)nc1OC. The minimum absolute atomic E-state index is 0.173. The van der Waals surface area contributed by atoms with E-state index < -0.39 is 15.1 Å². The lowest BCUT2D eigenvalue weighted by Gasteiger charge is -2.40. The van der Waals surface area contributed by atoms with Crippen LogP contribution in [-0.2, 0) is 5.75 Å². The predicted molar refractivity (Wildman–Crippen MR) is 82.5 cm³/mol. The summed E-state index contributed by atoms with van der Waals surface area (Å²) in [6.45, 7) is 0. The summed E-state index contributed by atoms with van der Waals surface area (Å²) >= 11 is 1.13. The van der Waals surface area contributed by atoms with Crippen molar-refractivity contribution in [2.24, 2.45) is 0 Å². The lowest BCUT2D eigenvalue weighted by molar-refractivity contribution is 0.330. The van der Waals surface area contributed by atoms with Gasteiger partial charge in [-0.25, -0.2) is 9.97 Å². The maximum atomic E-state index is 12.6. The molecule has 0 spiro atoms. The van der Waals surface area contributed by atoms with Gasteiger partial charge in [-0.3, -0.25) is 0 Å². The van der Waals surface area contributed by atoms with Gasteiger partial charge in [0.05, 0.1) is 26.1 Å². The lowest BCUT2D eigenvalue weighted by atomic mass is 10.4. The minimum Gasteiger partial charge on any atom is -0.477 e. The number of hydrogen-bond acceptors (Lipinski definition) is 5. The zero-order valence-electron chi connectivity index (χ0n) is 12.5. The van der Waals surface area contributed by atoms with Crippen molar-refractivity contribution in [2.75, 3.05) is 14.2 Å². The molecule has 1 aromatic carbocycles. The van der Waals surface area contributed by atoms with Gasteiger partial charge in [0.1, 0.15) is 4.90 Å². The molecule has 1 heterocycles. The molecule has 11 heteroatoms. The molecule has 2 rings (SSSR count). The molecule has 0 bridgehead atoms. The first-order chi connectivity index (χ1) is 10.9. The van der Waals surface area contributed by atoms with Gasteiger partial charge in [-0.1, -0.05) is 19.4 Å². The Hall–Kier alpha value is -1.75. The second-order valence-corrected chi connectivity index (χ2v) is 8.07. The number of ether oxygens (including phenoxy) is 2. The van der Waals surface area contributed by atoms with Crippen LogP contribution in [0.4, 0.5) is 19.4 Å². The highest BCUT2D eigenvalue weighted by atomic mass is 32.5. The smallest absolute Gasteiger partial charge is 0.310 e. The van der Waals surface area contributed by atoms with E-state index in [0.29, 0.717) is 22.7 Å². The Morgan fingerprint density at radius 2 is 1.54 bits per heavy atom. The molecule has 0 amide bonds. The van der Waals surface area contributed by atoms with Crippen LogP contribution in [0.15, 0.2) is 40.3 Å². The van der Waals surface area contributed by atoms with E-state index in [9.17, 15) is 19.4 Å². The van der Waals surface area contributed by atoms with Crippen LogP contribution in [0.3, 0.4) is 0 Å². The number of halogens is 5. The maximum absolute atomic E-state index is 12.6. The highest BCUT2D eigenvalue weighted by Crippen LogP contribution is 3.02. The van der Waals surface area contributed by atoms with Gasteiger partial charge >= 0.3 is 10.2 Å². The molecule has 2 aromatic rings. The van der Waals surface area contributed by atoms with E-state index in [2.05, 4.69) is 9.97 Å². The largest absolute Gasteiger partial charge is 0.477 e. The van der Waals surface area contributed by atoms with Gasteiger partial charge in [0.2, 0.25) is 0 Å². The molecule has 0 fully saturated rings. The number of hydrogen-bond donors (Lipinski definition) is 0. The van der Waals surface area contributed by atoms with Gasteiger partial charge in [-0.05, 0) is 24.3 Å². The molecule has 0 saturated heterocycles. The van der Waals surface area contributed by atoms with Crippen molar-refractivity contribution < 1.29 is 28.9 Å². The third-order valence-corrected chi connectivity index (χ3v) is 5.01. The molecule has 24 heavy (non-hydrogen) atoms. The molecule has 1 aromatic heterocycles. The van der Waals surface area contributed by atoms with E-state index >= 15 is 0 Å². The van der Waals surface area contributed by atoms with Gasteiger partial charge in [-0.2, -0.15) is 0 Å². The monoisotopic (exact) mass is 388 g/mol. The lowest BCUT2D eigenvalue weighted by Crippen LogP contribution is -2.05. The Bertz CT molecular complexity index is 739. The fourth-order valence-corrected chi connectivity index (χ4v) is 3.12. The summed E-state index contributed by atoms with van der Waals surface area (Å²) in [7, 11) is -6.84. The average molecular weight is 388 g/mol. The summed E-state index contributed by atoms with van der Waals surface area (Å²) in [5.41, 5.74) is 0.495. The highest BCUT2D eigenvalue weighted by molar-refractivity contribution is 8.45. The Labute approximate surface area is 139 Å². The molecule has 134 valence electrons. The van der Waals surface area contributed by atoms with E-state index in [1.807, 2.05) is 0 Å². The van der Waals surface area contributed by atoms with Gasteiger partial charge in [0.15, 0.2) is 0 Å². The summed E-state index contributed by atoms with van der Waals surface area (Å²) < 4.78 is 73.1. The fraction of sp³-hybridized carbons (Fsp3) is 0.231. The first kappa shape index (κ1) is 18.6. The Balaban J connectivity index is 2.11. The van der Waals surface area contributed by atoms with Crippen molar-refractivity contribution in [3.8, 4) is 11.8 Å². The number of aromatic nitrogens is 2. The van der Waals surface area contributed by atoms with Crippen molar-refractivity contribution in [1.82, 2.24) is 9.97 Å². The third-order valence-electron chi connectivity index (χ3n) is 2.80. The van der Waals surface area contributed by atoms with Gasteiger partial charge in [-0.15, -0.1) is 11.8 Å². The number of nitrogens with zero attached hydrogens (tertiary/aromatic N) is 2. The first-order valence-electron chi connectivity index (χ1n) is 6.34. The van der Waals surface area contributed by atoms with Crippen LogP contribution in [-0.4, -0.2) is 24.2 Å². The van der Waals surface area contributed by atoms with E-state index in [-0.39, 0.29) is 17.5 Å². The Morgan fingerprint density at radius 1 is 0.958 bits per heavy atom. The number of rotatable bonds is 6. The number of thioether (sulfide) groups is 1. The standard InChI is InChI=1S/C13H13F5N2O2S2/c1-21-12-13(22-2)20-9(7-19-12)8-23-10-3-5-11(6-4-10)24(14,15,16,17)18/h3-7H,8H2,1-2H3. The molecule has 0 N–H and O–H groups in total. The van der Waals surface area contributed by atoms with Gasteiger partial charge in [0, 0.05) is 10.6 Å². The quantitative estimate of drug-likeness (QED) is 0.487. The summed E-state index contributed by atoms with van der Waals surface area (Å²) in [5, 5.41) is 0. The van der Waals surface area contributed by atoms with Crippen molar-refractivity contribution in [1.29, 1.82) is 0 Å². The van der Waals surface area contributed by atoms with Crippen LogP contribution in [0, 0.1) is 0 Å². The fourth-order valence-electron chi connectivity index (χ4n) is 1.69. The Kier molecular flexibility index (Phi) is 4.38. The van der Waals surface area contributed by atoms with Gasteiger partial charge < -0.3 is 9.47 Å². The van der Waals surface area contributed by atoms with Crippen molar-refractivity contribution in [3.05, 3.63) is 36.2 Å². The molecular formula is C13H13F5N2O2S2. The summed E-state index contributed by atoms with van der Waals surface area (Å²) in [4.78, 5) is 6.58. The van der Waals surface area contributed by atoms with E-state index in [4.69, 9.17) is 9.47 Å². The molecule has 0 aliphatic heterocycles. The predicted octanol–water partition coefficient (Wildman–Crippen LogP) is 5.44. The molecule has 0 radical (unpaired) electrons. The van der Waals surface area contributed by atoms with Crippen molar-refractivity contribution in [3.63, 3.8) is 0 Å². The van der Waals surface area contributed by atoms with Crippen LogP contribution in [0.2, 0.25) is 0 Å². The average Bonchev–Trinajstić information content (AvgIpc) is 2.50. The Morgan fingerprint density at radius 3 is 2.04 bits per heavy atom. The van der Waals surface area contributed by atoms with Crippen LogP contribution >= 0.6 is 22.0 Å². The molecule has 0 unspecified atom stereocenters. The number of benzene rings is 1. The summed E-state index contributed by atoms with van der Waals surface area (Å²) in [6.07, 6.45) is 1.43. The van der Waals surface area contributed by atoms with E-state index in [0.717, 1.165) is 23.9 Å². The van der Waals surface area contributed by atoms with Crippen molar-refractivity contribution in [2.45, 2.75) is 15.5 Å². The summed E-state index contributed by atoms with van der Waals surface area (Å²) in [6, 6.07) is 2.74.